The first-order valence-electron chi connectivity index (χ1n) is 10.8. The molecule has 5 aromatic rings. The number of rotatable bonds is 4. The van der Waals surface area contributed by atoms with Crippen molar-refractivity contribution in [3.8, 4) is 22.8 Å². The van der Waals surface area contributed by atoms with Crippen molar-refractivity contribution in [3.05, 3.63) is 82.2 Å². The third-order valence-corrected chi connectivity index (χ3v) is 5.90. The summed E-state index contributed by atoms with van der Waals surface area (Å²) < 4.78 is 56.7. The largest absolute Gasteiger partial charge is 0.434 e. The molecule has 0 N–H and O–H groups in total. The van der Waals surface area contributed by atoms with Crippen LogP contribution in [0, 0.1) is 12.9 Å². The minimum Gasteiger partial charge on any atom is -0.333 e. The molecule has 12 heteroatoms. The number of hydrogen-bond donors (Lipinski definition) is 0. The van der Waals surface area contributed by atoms with Crippen LogP contribution in [0.5, 0.6) is 0 Å². The molecule has 0 spiro atoms. The van der Waals surface area contributed by atoms with Crippen molar-refractivity contribution in [2.75, 3.05) is 0 Å². The van der Waals surface area contributed by atoms with Gasteiger partial charge in [0, 0.05) is 31.4 Å². The van der Waals surface area contributed by atoms with Crippen LogP contribution in [0.25, 0.3) is 33.9 Å². The molecule has 1 aromatic carbocycles. The summed E-state index contributed by atoms with van der Waals surface area (Å²) in [5.41, 5.74) is 1.82. The molecule has 0 bridgehead atoms. The Morgan fingerprint density at radius 2 is 1.69 bits per heavy atom. The van der Waals surface area contributed by atoms with Crippen molar-refractivity contribution >= 4 is 11.2 Å². The summed E-state index contributed by atoms with van der Waals surface area (Å²) in [5, 5.41) is 0. The van der Waals surface area contributed by atoms with Crippen molar-refractivity contribution in [2.24, 2.45) is 14.1 Å². The zero-order chi connectivity index (χ0) is 25.8. The fourth-order valence-electron chi connectivity index (χ4n) is 4.03. The first-order chi connectivity index (χ1) is 17.0. The molecule has 5 rings (SSSR count). The van der Waals surface area contributed by atoms with Crippen LogP contribution in [-0.2, 0) is 26.8 Å². The van der Waals surface area contributed by atoms with Gasteiger partial charge in [-0.1, -0.05) is 24.3 Å². The van der Waals surface area contributed by atoms with Crippen molar-refractivity contribution in [3.63, 3.8) is 0 Å². The zero-order valence-electron chi connectivity index (χ0n) is 19.4. The summed E-state index contributed by atoms with van der Waals surface area (Å²) in [7, 11) is 3.11. The SMILES string of the molecule is Cc1nc(F)ccc1-c1ncc2c(n1)n(Cc1ccc(-c3nc(C(F)(F)F)cn3C)cc1)c(=O)n2C. The Labute approximate surface area is 201 Å². The summed E-state index contributed by atoms with van der Waals surface area (Å²) in [5.74, 6) is -0.133. The van der Waals surface area contributed by atoms with Crippen LogP contribution < -0.4 is 5.69 Å². The van der Waals surface area contributed by atoms with E-state index in [0.717, 1.165) is 11.8 Å². The highest BCUT2D eigenvalue weighted by molar-refractivity contribution is 5.74. The third kappa shape index (κ3) is 4.04. The van der Waals surface area contributed by atoms with Gasteiger partial charge in [0.1, 0.15) is 11.3 Å². The standard InChI is InChI=1S/C24H19F4N7O/c1-13-16(8-9-19(25)30-13)20-29-10-17-22(32-20)35(23(36)34(17)3)11-14-4-6-15(7-5-14)21-31-18(12-33(21)2)24(26,27)28/h4-10,12H,11H2,1-3H3. The second kappa shape index (κ2) is 8.40. The molecule has 0 aliphatic rings. The number of aromatic nitrogens is 7. The van der Waals surface area contributed by atoms with Gasteiger partial charge in [0.05, 0.1) is 18.4 Å². The Balaban J connectivity index is 1.51. The van der Waals surface area contributed by atoms with Gasteiger partial charge < -0.3 is 4.57 Å². The van der Waals surface area contributed by atoms with Crippen LogP contribution in [-0.4, -0.2) is 33.6 Å². The molecule has 0 aliphatic carbocycles. The van der Waals surface area contributed by atoms with Gasteiger partial charge in [-0.15, -0.1) is 0 Å². The van der Waals surface area contributed by atoms with E-state index in [1.807, 2.05) is 0 Å². The van der Waals surface area contributed by atoms with Crippen LogP contribution in [0.2, 0.25) is 0 Å². The Hall–Kier alpha value is -4.35. The highest BCUT2D eigenvalue weighted by Crippen LogP contribution is 2.30. The van der Waals surface area contributed by atoms with Gasteiger partial charge >= 0.3 is 11.9 Å². The van der Waals surface area contributed by atoms with E-state index in [2.05, 4.69) is 19.9 Å². The van der Waals surface area contributed by atoms with Crippen molar-refractivity contribution < 1.29 is 17.6 Å². The number of imidazole rings is 2. The molecular formula is C24H19F4N7O. The van der Waals surface area contributed by atoms with Crippen LogP contribution in [0.15, 0.2) is 53.6 Å². The molecule has 0 saturated heterocycles. The van der Waals surface area contributed by atoms with Crippen LogP contribution in [0.4, 0.5) is 17.6 Å². The van der Waals surface area contributed by atoms with Gasteiger partial charge in [-0.2, -0.15) is 17.6 Å². The fourth-order valence-corrected chi connectivity index (χ4v) is 4.03. The van der Waals surface area contributed by atoms with E-state index in [4.69, 9.17) is 0 Å². The lowest BCUT2D eigenvalue weighted by Gasteiger charge is -2.07. The van der Waals surface area contributed by atoms with E-state index in [1.165, 1.54) is 39.1 Å². The molecule has 0 aliphatic heterocycles. The summed E-state index contributed by atoms with van der Waals surface area (Å²) in [6.07, 6.45) is -2.07. The number of benzene rings is 1. The highest BCUT2D eigenvalue weighted by Gasteiger charge is 2.34. The van der Waals surface area contributed by atoms with Crippen molar-refractivity contribution in [1.29, 1.82) is 0 Å². The number of fused-ring (bicyclic) bond motifs is 1. The first kappa shape index (κ1) is 23.4. The smallest absolute Gasteiger partial charge is 0.333 e. The topological polar surface area (TPSA) is 83.4 Å². The lowest BCUT2D eigenvalue weighted by Crippen LogP contribution is -2.22. The number of nitrogens with zero attached hydrogens (tertiary/aromatic N) is 7. The van der Waals surface area contributed by atoms with E-state index in [1.54, 1.807) is 38.2 Å². The van der Waals surface area contributed by atoms with E-state index in [0.29, 0.717) is 33.8 Å². The number of halogens is 4. The van der Waals surface area contributed by atoms with E-state index in [-0.39, 0.29) is 18.1 Å². The van der Waals surface area contributed by atoms with E-state index >= 15 is 0 Å². The Kier molecular flexibility index (Phi) is 5.46. The molecule has 0 radical (unpaired) electrons. The predicted molar refractivity (Wildman–Crippen MR) is 123 cm³/mol. The van der Waals surface area contributed by atoms with Gasteiger partial charge in [0.25, 0.3) is 0 Å². The molecule has 0 fully saturated rings. The summed E-state index contributed by atoms with van der Waals surface area (Å²) in [6, 6.07) is 9.50. The first-order valence-corrected chi connectivity index (χ1v) is 10.8. The zero-order valence-corrected chi connectivity index (χ0v) is 19.4. The maximum absolute atomic E-state index is 13.4. The van der Waals surface area contributed by atoms with Crippen LogP contribution in [0.3, 0.4) is 0 Å². The van der Waals surface area contributed by atoms with Crippen LogP contribution in [0.1, 0.15) is 17.0 Å². The van der Waals surface area contributed by atoms with E-state index < -0.39 is 17.8 Å². The monoisotopic (exact) mass is 497 g/mol. The molecule has 36 heavy (non-hydrogen) atoms. The number of alkyl halides is 3. The molecule has 184 valence electrons. The molecule has 0 unspecified atom stereocenters. The Morgan fingerprint density at radius 3 is 2.33 bits per heavy atom. The van der Waals surface area contributed by atoms with Gasteiger partial charge in [-0.25, -0.2) is 24.7 Å². The van der Waals surface area contributed by atoms with Crippen molar-refractivity contribution in [1.82, 2.24) is 33.6 Å². The van der Waals surface area contributed by atoms with Gasteiger partial charge in [0.2, 0.25) is 5.95 Å². The van der Waals surface area contributed by atoms with Crippen molar-refractivity contribution in [2.45, 2.75) is 19.6 Å². The normalized spacial score (nSPS) is 12.0. The summed E-state index contributed by atoms with van der Waals surface area (Å²) in [4.78, 5) is 29.4. The minimum absolute atomic E-state index is 0.169. The quantitative estimate of drug-likeness (QED) is 0.276. The predicted octanol–water partition coefficient (Wildman–Crippen LogP) is 4.11. The van der Waals surface area contributed by atoms with Gasteiger partial charge in [-0.3, -0.25) is 9.13 Å². The summed E-state index contributed by atoms with van der Waals surface area (Å²) in [6.45, 7) is 1.81. The molecule has 0 atom stereocenters. The molecule has 8 nitrogen and oxygen atoms in total. The second-order valence-electron chi connectivity index (χ2n) is 8.35. The van der Waals surface area contributed by atoms with Crippen LogP contribution >= 0.6 is 0 Å². The lowest BCUT2D eigenvalue weighted by atomic mass is 10.1. The molecular weight excluding hydrogens is 478 g/mol. The summed E-state index contributed by atoms with van der Waals surface area (Å²) >= 11 is 0. The average molecular weight is 497 g/mol. The van der Waals surface area contributed by atoms with Gasteiger partial charge in [0.15, 0.2) is 17.2 Å². The molecule has 0 saturated carbocycles. The second-order valence-corrected chi connectivity index (χ2v) is 8.35. The molecule has 4 aromatic heterocycles. The average Bonchev–Trinajstić information content (AvgIpc) is 3.33. The number of hydrogen-bond acceptors (Lipinski definition) is 5. The molecule has 0 amide bonds. The number of pyridine rings is 1. The lowest BCUT2D eigenvalue weighted by molar-refractivity contribution is -0.140. The molecule has 4 heterocycles. The number of aryl methyl sites for hydroxylation is 3. The van der Waals surface area contributed by atoms with E-state index in [9.17, 15) is 22.4 Å². The minimum atomic E-state index is -4.53. The maximum atomic E-state index is 13.4. The Bertz CT molecular complexity index is 1660. The fraction of sp³-hybridized carbons (Fsp3) is 0.208. The maximum Gasteiger partial charge on any atom is 0.434 e. The van der Waals surface area contributed by atoms with Gasteiger partial charge in [-0.05, 0) is 24.6 Å². The third-order valence-electron chi connectivity index (χ3n) is 5.90. The highest BCUT2D eigenvalue weighted by atomic mass is 19.4. The Morgan fingerprint density at radius 1 is 0.972 bits per heavy atom.